The van der Waals surface area contributed by atoms with Crippen molar-refractivity contribution in [1.82, 2.24) is 4.90 Å². The van der Waals surface area contributed by atoms with Gasteiger partial charge in [0.2, 0.25) is 0 Å². The lowest BCUT2D eigenvalue weighted by molar-refractivity contribution is -0.149. The maximum Gasteiger partial charge on any atom is 0.410 e. The number of rotatable bonds is 4. The highest BCUT2D eigenvalue weighted by Gasteiger charge is 2.54. The molecular weight excluding hydrogens is 314 g/mol. The summed E-state index contributed by atoms with van der Waals surface area (Å²) in [7, 11) is 1.57. The molecule has 3 rings (SSSR count). The lowest BCUT2D eigenvalue weighted by Crippen LogP contribution is -2.32. The number of nitrogens with zero attached hydrogens (tertiary/aromatic N) is 1. The van der Waals surface area contributed by atoms with Crippen molar-refractivity contribution in [2.24, 2.45) is 5.92 Å². The van der Waals surface area contributed by atoms with Gasteiger partial charge < -0.3 is 18.9 Å². The molecule has 1 saturated heterocycles. The van der Waals surface area contributed by atoms with Gasteiger partial charge in [0, 0.05) is 18.2 Å². The van der Waals surface area contributed by atoms with Crippen molar-refractivity contribution in [1.29, 1.82) is 0 Å². The molecule has 0 saturated carbocycles. The molecule has 7 heteroatoms. The summed E-state index contributed by atoms with van der Waals surface area (Å²) in [6.45, 7) is 4.28. The molecule has 2 aliphatic rings. The van der Waals surface area contributed by atoms with Gasteiger partial charge in [-0.05, 0) is 26.0 Å². The van der Waals surface area contributed by atoms with Crippen LogP contribution in [0, 0.1) is 5.92 Å². The third-order valence-corrected chi connectivity index (χ3v) is 4.33. The van der Waals surface area contributed by atoms with E-state index in [1.165, 1.54) is 0 Å². The molecule has 0 spiro atoms. The molecule has 130 valence electrons. The van der Waals surface area contributed by atoms with E-state index < -0.39 is 18.1 Å². The summed E-state index contributed by atoms with van der Waals surface area (Å²) in [5, 5.41) is 0. The van der Waals surface area contributed by atoms with Crippen molar-refractivity contribution >= 4 is 12.1 Å². The second kappa shape index (κ2) is 6.59. The summed E-state index contributed by atoms with van der Waals surface area (Å²) in [5.74, 6) is 0.369. The van der Waals surface area contributed by atoms with Crippen LogP contribution in [0.2, 0.25) is 0 Å². The van der Waals surface area contributed by atoms with Gasteiger partial charge in [0.1, 0.15) is 29.6 Å². The molecule has 24 heavy (non-hydrogen) atoms. The van der Waals surface area contributed by atoms with E-state index in [0.29, 0.717) is 11.5 Å². The second-order valence-corrected chi connectivity index (χ2v) is 5.64. The quantitative estimate of drug-likeness (QED) is 0.785. The highest BCUT2D eigenvalue weighted by atomic mass is 16.6. The van der Waals surface area contributed by atoms with E-state index in [1.54, 1.807) is 31.9 Å². The first kappa shape index (κ1) is 16.4. The van der Waals surface area contributed by atoms with E-state index in [1.807, 2.05) is 12.1 Å². The first-order valence-corrected chi connectivity index (χ1v) is 8.05. The van der Waals surface area contributed by atoms with Gasteiger partial charge in [0.05, 0.1) is 20.3 Å². The third-order valence-electron chi connectivity index (χ3n) is 4.33. The van der Waals surface area contributed by atoms with E-state index in [4.69, 9.17) is 18.9 Å². The standard InChI is InChI=1S/C17H21NO6/c1-4-22-16(19)12-9-18(17(20)23-5-2)14-11-7-6-10(21-3)8-13(11)24-15(12)14/h6-8,12,14-15H,4-5,9H2,1-3H3/t12-,14+,15+/m1/s1. The van der Waals surface area contributed by atoms with Gasteiger partial charge in [0.15, 0.2) is 0 Å². The topological polar surface area (TPSA) is 74.3 Å². The summed E-state index contributed by atoms with van der Waals surface area (Å²) in [4.78, 5) is 26.2. The maximum absolute atomic E-state index is 12.3. The average Bonchev–Trinajstić information content (AvgIpc) is 3.11. The Balaban J connectivity index is 1.94. The van der Waals surface area contributed by atoms with Crippen LogP contribution < -0.4 is 9.47 Å². The van der Waals surface area contributed by atoms with Crippen molar-refractivity contribution in [2.45, 2.75) is 26.0 Å². The smallest absolute Gasteiger partial charge is 0.410 e. The fourth-order valence-corrected chi connectivity index (χ4v) is 3.31. The number of amides is 1. The molecule has 1 aromatic rings. The number of esters is 1. The zero-order valence-electron chi connectivity index (χ0n) is 14.0. The highest BCUT2D eigenvalue weighted by molar-refractivity contribution is 5.78. The Morgan fingerprint density at radius 3 is 2.67 bits per heavy atom. The Hall–Kier alpha value is -2.44. The minimum absolute atomic E-state index is 0.221. The van der Waals surface area contributed by atoms with Crippen LogP contribution in [0.25, 0.3) is 0 Å². The fourth-order valence-electron chi connectivity index (χ4n) is 3.31. The Labute approximate surface area is 140 Å². The van der Waals surface area contributed by atoms with Crippen LogP contribution in [-0.2, 0) is 14.3 Å². The molecule has 0 N–H and O–H groups in total. The molecule has 0 aromatic heterocycles. The zero-order valence-corrected chi connectivity index (χ0v) is 14.0. The number of carbonyl (C=O) groups is 2. The number of hydrogen-bond acceptors (Lipinski definition) is 6. The van der Waals surface area contributed by atoms with E-state index in [9.17, 15) is 9.59 Å². The van der Waals surface area contributed by atoms with E-state index >= 15 is 0 Å². The minimum atomic E-state index is -0.544. The monoisotopic (exact) mass is 335 g/mol. The van der Waals surface area contributed by atoms with Gasteiger partial charge in [-0.15, -0.1) is 0 Å². The molecule has 2 heterocycles. The van der Waals surface area contributed by atoms with E-state index in [-0.39, 0.29) is 31.8 Å². The minimum Gasteiger partial charge on any atom is -0.497 e. The van der Waals surface area contributed by atoms with Crippen LogP contribution >= 0.6 is 0 Å². The second-order valence-electron chi connectivity index (χ2n) is 5.64. The van der Waals surface area contributed by atoms with Crippen molar-refractivity contribution in [3.63, 3.8) is 0 Å². The predicted molar refractivity (Wildman–Crippen MR) is 84.0 cm³/mol. The number of ether oxygens (including phenoxy) is 4. The van der Waals surface area contributed by atoms with Crippen LogP contribution in [0.1, 0.15) is 25.5 Å². The first-order valence-electron chi connectivity index (χ1n) is 8.05. The van der Waals surface area contributed by atoms with Crippen molar-refractivity contribution < 1.29 is 28.5 Å². The summed E-state index contributed by atoms with van der Waals surface area (Å²) in [5.41, 5.74) is 0.848. The predicted octanol–water partition coefficient (Wildman–Crippen LogP) is 2.15. The number of likely N-dealkylation sites (tertiary alicyclic amines) is 1. The number of fused-ring (bicyclic) bond motifs is 3. The Morgan fingerprint density at radius 2 is 2.00 bits per heavy atom. The molecule has 2 aliphatic heterocycles. The summed E-state index contributed by atoms with van der Waals surface area (Å²) >= 11 is 0. The van der Waals surface area contributed by atoms with Crippen molar-refractivity contribution in [2.75, 3.05) is 26.9 Å². The van der Waals surface area contributed by atoms with Crippen molar-refractivity contribution in [3.8, 4) is 11.5 Å². The molecule has 0 aliphatic carbocycles. The average molecular weight is 335 g/mol. The zero-order chi connectivity index (χ0) is 17.3. The molecule has 1 amide bonds. The van der Waals surface area contributed by atoms with Crippen molar-refractivity contribution in [3.05, 3.63) is 23.8 Å². The highest BCUT2D eigenvalue weighted by Crippen LogP contribution is 2.49. The lowest BCUT2D eigenvalue weighted by Gasteiger charge is -2.22. The molecule has 1 aromatic carbocycles. The molecule has 3 atom stereocenters. The molecule has 1 fully saturated rings. The number of methoxy groups -OCH3 is 1. The van der Waals surface area contributed by atoms with Gasteiger partial charge >= 0.3 is 12.1 Å². The molecule has 7 nitrogen and oxygen atoms in total. The van der Waals surface area contributed by atoms with Crippen LogP contribution in [0.15, 0.2) is 18.2 Å². The fraction of sp³-hybridized carbons (Fsp3) is 0.529. The summed E-state index contributed by atoms with van der Waals surface area (Å²) in [6, 6.07) is 5.07. The van der Waals surface area contributed by atoms with Gasteiger partial charge in [0.25, 0.3) is 0 Å². The summed E-state index contributed by atoms with van der Waals surface area (Å²) < 4.78 is 21.5. The molecular formula is C17H21NO6. The Bertz CT molecular complexity index is 646. The van der Waals surface area contributed by atoms with Gasteiger partial charge in [-0.2, -0.15) is 0 Å². The molecule has 0 bridgehead atoms. The Kier molecular flexibility index (Phi) is 4.51. The number of carbonyl (C=O) groups excluding carboxylic acids is 2. The maximum atomic E-state index is 12.3. The van der Waals surface area contributed by atoms with Gasteiger partial charge in [-0.3, -0.25) is 9.69 Å². The third kappa shape index (κ3) is 2.64. The van der Waals surface area contributed by atoms with Gasteiger partial charge in [-0.1, -0.05) is 0 Å². The SMILES string of the molecule is CCOC(=O)[C@@H]1CN(C(=O)OCC)[C@H]2c3ccc(OC)cc3O[C@@H]12. The van der Waals surface area contributed by atoms with Crippen LogP contribution in [-0.4, -0.2) is 49.9 Å². The molecule has 0 unspecified atom stereocenters. The largest absolute Gasteiger partial charge is 0.497 e. The van der Waals surface area contributed by atoms with Crippen LogP contribution in [0.5, 0.6) is 11.5 Å². The van der Waals surface area contributed by atoms with E-state index in [0.717, 1.165) is 5.56 Å². The number of benzene rings is 1. The van der Waals surface area contributed by atoms with Crippen LogP contribution in [0.3, 0.4) is 0 Å². The Morgan fingerprint density at radius 1 is 1.25 bits per heavy atom. The van der Waals surface area contributed by atoms with Crippen LogP contribution in [0.4, 0.5) is 4.79 Å². The normalized spacial score (nSPS) is 24.0. The number of hydrogen-bond donors (Lipinski definition) is 0. The first-order chi connectivity index (χ1) is 11.6. The molecule has 0 radical (unpaired) electrons. The van der Waals surface area contributed by atoms with E-state index in [2.05, 4.69) is 0 Å². The summed E-state index contributed by atoms with van der Waals surface area (Å²) in [6.07, 6.45) is -0.929. The van der Waals surface area contributed by atoms with Gasteiger partial charge in [-0.25, -0.2) is 4.79 Å². The lowest BCUT2D eigenvalue weighted by atomic mass is 9.99.